The van der Waals surface area contributed by atoms with Gasteiger partial charge >= 0.3 is 0 Å². The van der Waals surface area contributed by atoms with Gasteiger partial charge in [0.15, 0.2) is 0 Å². The molecule has 1 aliphatic rings. The van der Waals surface area contributed by atoms with Crippen molar-refractivity contribution in [2.24, 2.45) is 0 Å². The molecular formula is C30H33N3O5S. The maximum Gasteiger partial charge on any atom is 0.269 e. The van der Waals surface area contributed by atoms with Gasteiger partial charge in [0.25, 0.3) is 15.9 Å². The number of sulfonamides is 1. The molecule has 1 aliphatic heterocycles. The quantitative estimate of drug-likeness (QED) is 0.417. The van der Waals surface area contributed by atoms with Gasteiger partial charge in [-0.15, -0.1) is 0 Å². The summed E-state index contributed by atoms with van der Waals surface area (Å²) in [6.45, 7) is 5.15. The summed E-state index contributed by atoms with van der Waals surface area (Å²) in [4.78, 5) is 41.9. The van der Waals surface area contributed by atoms with Crippen LogP contribution < -0.4 is 5.32 Å². The van der Waals surface area contributed by atoms with E-state index in [1.807, 2.05) is 75.4 Å². The number of carbonyl (C=O) groups is 3. The van der Waals surface area contributed by atoms with Crippen molar-refractivity contribution in [1.29, 1.82) is 0 Å². The number of aryl methyl sites for hydroxylation is 1. The van der Waals surface area contributed by atoms with Crippen LogP contribution in [-0.4, -0.2) is 54.0 Å². The summed E-state index contributed by atoms with van der Waals surface area (Å²) in [7, 11) is -4.19. The van der Waals surface area contributed by atoms with E-state index in [9.17, 15) is 22.8 Å². The first-order valence-corrected chi connectivity index (χ1v) is 14.4. The molecule has 1 N–H and O–H groups in total. The van der Waals surface area contributed by atoms with E-state index in [0.717, 1.165) is 16.7 Å². The van der Waals surface area contributed by atoms with Crippen molar-refractivity contribution in [3.05, 3.63) is 101 Å². The van der Waals surface area contributed by atoms with Gasteiger partial charge in [-0.3, -0.25) is 14.4 Å². The topological polar surface area (TPSA) is 104 Å². The molecule has 0 fully saturated rings. The Kier molecular flexibility index (Phi) is 8.50. The predicted octanol–water partition coefficient (Wildman–Crippen LogP) is 3.69. The Bertz CT molecular complexity index is 1460. The van der Waals surface area contributed by atoms with Crippen LogP contribution in [0, 0.1) is 6.92 Å². The molecule has 1 heterocycles. The fraction of sp³-hybridized carbons (Fsp3) is 0.300. The van der Waals surface area contributed by atoms with E-state index < -0.39 is 34.4 Å². The number of nitrogens with one attached hydrogen (secondary N) is 1. The van der Waals surface area contributed by atoms with Crippen molar-refractivity contribution in [2.75, 3.05) is 6.54 Å². The fourth-order valence-electron chi connectivity index (χ4n) is 4.49. The Morgan fingerprint density at radius 2 is 1.56 bits per heavy atom. The first-order valence-electron chi connectivity index (χ1n) is 13.0. The summed E-state index contributed by atoms with van der Waals surface area (Å²) in [5.74, 6) is -1.73. The van der Waals surface area contributed by atoms with E-state index in [0.29, 0.717) is 10.7 Å². The SMILES string of the molecule is CC[C@H](C)NC(=O)[C@@H](Cc1ccccc1)N(Cc1ccc(C)cc1)C(=O)CN1C(=O)c2ccccc2S1(=O)=O. The van der Waals surface area contributed by atoms with Gasteiger partial charge in [0, 0.05) is 19.0 Å². The number of carbonyl (C=O) groups excluding carboxylic acids is 3. The van der Waals surface area contributed by atoms with Gasteiger partial charge in [0.2, 0.25) is 11.8 Å². The van der Waals surface area contributed by atoms with Gasteiger partial charge in [0.1, 0.15) is 17.5 Å². The number of rotatable bonds is 10. The Labute approximate surface area is 229 Å². The highest BCUT2D eigenvalue weighted by Crippen LogP contribution is 2.30. The third-order valence-corrected chi connectivity index (χ3v) is 8.72. The summed E-state index contributed by atoms with van der Waals surface area (Å²) in [6, 6.07) is 21.8. The molecule has 0 unspecified atom stereocenters. The minimum absolute atomic E-state index is 0.0331. The van der Waals surface area contributed by atoms with Crippen molar-refractivity contribution in [3.8, 4) is 0 Å². The van der Waals surface area contributed by atoms with Crippen LogP contribution in [0.4, 0.5) is 0 Å². The molecule has 0 radical (unpaired) electrons. The molecule has 0 saturated heterocycles. The average molecular weight is 548 g/mol. The second-order valence-corrected chi connectivity index (χ2v) is 11.7. The molecule has 0 bridgehead atoms. The normalized spacial score (nSPS) is 15.4. The lowest BCUT2D eigenvalue weighted by Crippen LogP contribution is -2.54. The number of fused-ring (bicyclic) bond motifs is 1. The number of hydrogen-bond donors (Lipinski definition) is 1. The second-order valence-electron chi connectivity index (χ2n) is 9.84. The van der Waals surface area contributed by atoms with Crippen LogP contribution in [0.3, 0.4) is 0 Å². The average Bonchev–Trinajstić information content (AvgIpc) is 3.12. The molecule has 3 aromatic carbocycles. The lowest BCUT2D eigenvalue weighted by Gasteiger charge is -2.33. The van der Waals surface area contributed by atoms with Crippen LogP contribution in [0.15, 0.2) is 83.8 Å². The summed E-state index contributed by atoms with van der Waals surface area (Å²) in [5, 5.41) is 2.98. The van der Waals surface area contributed by atoms with Crippen LogP contribution in [-0.2, 0) is 32.6 Å². The van der Waals surface area contributed by atoms with Crippen LogP contribution in [0.25, 0.3) is 0 Å². The Morgan fingerprint density at radius 1 is 0.923 bits per heavy atom. The lowest BCUT2D eigenvalue weighted by atomic mass is 10.0. The van der Waals surface area contributed by atoms with Crippen LogP contribution in [0.2, 0.25) is 0 Å². The maximum absolute atomic E-state index is 13.9. The van der Waals surface area contributed by atoms with Crippen LogP contribution in [0.1, 0.15) is 47.3 Å². The first kappa shape index (κ1) is 28.0. The molecule has 0 spiro atoms. The molecule has 3 amide bonds. The van der Waals surface area contributed by atoms with E-state index in [-0.39, 0.29) is 35.4 Å². The lowest BCUT2D eigenvalue weighted by molar-refractivity contribution is -0.141. The van der Waals surface area contributed by atoms with E-state index in [4.69, 9.17) is 0 Å². The third kappa shape index (κ3) is 6.20. The predicted molar refractivity (Wildman–Crippen MR) is 148 cm³/mol. The molecule has 3 aromatic rings. The molecule has 2 atom stereocenters. The Morgan fingerprint density at radius 3 is 2.21 bits per heavy atom. The minimum Gasteiger partial charge on any atom is -0.352 e. The Balaban J connectivity index is 1.71. The number of amides is 3. The summed E-state index contributed by atoms with van der Waals surface area (Å²) < 4.78 is 27.0. The number of benzene rings is 3. The molecule has 4 rings (SSSR count). The number of hydrogen-bond acceptors (Lipinski definition) is 5. The van der Waals surface area contributed by atoms with Gasteiger partial charge in [0.05, 0.1) is 5.56 Å². The van der Waals surface area contributed by atoms with Crippen molar-refractivity contribution in [2.45, 2.75) is 57.1 Å². The smallest absolute Gasteiger partial charge is 0.269 e. The van der Waals surface area contributed by atoms with Crippen molar-refractivity contribution >= 4 is 27.7 Å². The van der Waals surface area contributed by atoms with Gasteiger partial charge in [-0.05, 0) is 43.5 Å². The highest BCUT2D eigenvalue weighted by molar-refractivity contribution is 7.90. The molecule has 204 valence electrons. The second kappa shape index (κ2) is 11.8. The van der Waals surface area contributed by atoms with Crippen LogP contribution in [0.5, 0.6) is 0 Å². The fourth-order valence-corrected chi connectivity index (χ4v) is 6.00. The first-order chi connectivity index (χ1) is 18.6. The molecule has 9 heteroatoms. The zero-order chi connectivity index (χ0) is 28.2. The zero-order valence-corrected chi connectivity index (χ0v) is 23.1. The highest BCUT2D eigenvalue weighted by atomic mass is 32.2. The molecule has 0 aromatic heterocycles. The van der Waals surface area contributed by atoms with Crippen molar-refractivity contribution in [3.63, 3.8) is 0 Å². The van der Waals surface area contributed by atoms with Crippen molar-refractivity contribution in [1.82, 2.24) is 14.5 Å². The van der Waals surface area contributed by atoms with E-state index in [1.54, 1.807) is 6.07 Å². The van der Waals surface area contributed by atoms with Gasteiger partial charge in [-0.1, -0.05) is 79.2 Å². The molecule has 0 saturated carbocycles. The monoisotopic (exact) mass is 547 g/mol. The number of nitrogens with zero attached hydrogens (tertiary/aromatic N) is 2. The molecule has 0 aliphatic carbocycles. The van der Waals surface area contributed by atoms with Gasteiger partial charge in [-0.25, -0.2) is 12.7 Å². The summed E-state index contributed by atoms with van der Waals surface area (Å²) >= 11 is 0. The van der Waals surface area contributed by atoms with Gasteiger partial charge < -0.3 is 10.2 Å². The summed E-state index contributed by atoms with van der Waals surface area (Å²) in [6.07, 6.45) is 0.927. The van der Waals surface area contributed by atoms with E-state index in [1.165, 1.54) is 23.1 Å². The Hall–Kier alpha value is -3.98. The maximum atomic E-state index is 13.9. The third-order valence-electron chi connectivity index (χ3n) is 6.94. The summed E-state index contributed by atoms with van der Waals surface area (Å²) in [5.41, 5.74) is 2.70. The molecule has 39 heavy (non-hydrogen) atoms. The highest BCUT2D eigenvalue weighted by Gasteiger charge is 2.43. The van der Waals surface area contributed by atoms with Crippen molar-refractivity contribution < 1.29 is 22.8 Å². The zero-order valence-electron chi connectivity index (χ0n) is 22.3. The minimum atomic E-state index is -4.19. The standard InChI is InChI=1S/C30H33N3O5S/c1-4-22(3)31-29(35)26(18-23-10-6-5-7-11-23)32(19-24-16-14-21(2)15-17-24)28(34)20-33-30(36)25-12-8-9-13-27(25)39(33,37)38/h5-17,22,26H,4,18-20H2,1-3H3,(H,31,35)/t22-,26+/m0/s1. The largest absolute Gasteiger partial charge is 0.352 e. The van der Waals surface area contributed by atoms with Crippen LogP contribution >= 0.6 is 0 Å². The van der Waals surface area contributed by atoms with E-state index >= 15 is 0 Å². The molecule has 8 nitrogen and oxygen atoms in total. The molecular weight excluding hydrogens is 514 g/mol. The van der Waals surface area contributed by atoms with Gasteiger partial charge in [-0.2, -0.15) is 0 Å². The van der Waals surface area contributed by atoms with E-state index in [2.05, 4.69) is 5.32 Å².